The van der Waals surface area contributed by atoms with Gasteiger partial charge in [-0.3, -0.25) is 9.63 Å². The Labute approximate surface area is 160 Å². The first-order chi connectivity index (χ1) is 11.7. The summed E-state index contributed by atoms with van der Waals surface area (Å²) in [6, 6.07) is 0. The Hall–Kier alpha value is -0.890. The summed E-state index contributed by atoms with van der Waals surface area (Å²) in [4.78, 5) is 28.0. The van der Waals surface area contributed by atoms with Crippen LogP contribution < -0.4 is 5.32 Å². The summed E-state index contributed by atoms with van der Waals surface area (Å²) in [6.07, 6.45) is 7.05. The molecule has 0 unspecified atom stereocenters. The second-order valence-electron chi connectivity index (χ2n) is 6.50. The molecule has 0 aliphatic carbocycles. The van der Waals surface area contributed by atoms with E-state index in [0.717, 1.165) is 12.2 Å². The van der Waals surface area contributed by atoms with E-state index in [4.69, 9.17) is 4.84 Å². The lowest BCUT2D eigenvalue weighted by molar-refractivity contribution is -0.119. The van der Waals surface area contributed by atoms with Gasteiger partial charge >= 0.3 is 6.09 Å². The molecular weight excluding hydrogens is 358 g/mol. The fraction of sp³-hybridized carbons (Fsp3) is 0.824. The fourth-order valence-electron chi connectivity index (χ4n) is 1.90. The summed E-state index contributed by atoms with van der Waals surface area (Å²) in [5, 5.41) is 6.60. The van der Waals surface area contributed by atoms with E-state index in [1.807, 2.05) is 0 Å². The predicted molar refractivity (Wildman–Crippen MR) is 109 cm³/mol. The quantitative estimate of drug-likeness (QED) is 0.127. The molecule has 0 fully saturated rings. The van der Waals surface area contributed by atoms with Crippen molar-refractivity contribution in [3.63, 3.8) is 0 Å². The fourth-order valence-corrected chi connectivity index (χ4v) is 3.78. The van der Waals surface area contributed by atoms with Gasteiger partial charge in [0.15, 0.2) is 0 Å². The van der Waals surface area contributed by atoms with E-state index in [0.29, 0.717) is 5.71 Å². The molecule has 0 aliphatic heterocycles. The van der Waals surface area contributed by atoms with Crippen LogP contribution in [0.2, 0.25) is 0 Å². The average Bonchev–Trinajstić information content (AvgIpc) is 2.53. The number of carbonyl (C=O) groups excluding carboxylic acids is 2. The van der Waals surface area contributed by atoms with Gasteiger partial charge in [0, 0.05) is 30.7 Å². The molecule has 6 nitrogen and oxygen atoms in total. The zero-order valence-corrected chi connectivity index (χ0v) is 18.0. The van der Waals surface area contributed by atoms with Crippen molar-refractivity contribution in [2.75, 3.05) is 12.8 Å². The maximum atomic E-state index is 11.9. The summed E-state index contributed by atoms with van der Waals surface area (Å²) in [6.45, 7) is 8.97. The van der Waals surface area contributed by atoms with Crippen LogP contribution in [0.3, 0.4) is 0 Å². The van der Waals surface area contributed by atoms with Gasteiger partial charge < -0.3 is 5.32 Å². The van der Waals surface area contributed by atoms with Crippen LogP contribution in [0.5, 0.6) is 0 Å². The number of hydrogen-bond donors (Lipinski definition) is 1. The number of carbonyl (C=O) groups is 2. The number of amides is 2. The molecule has 1 N–H and O–H groups in total. The molecular formula is C17H33N3O3S2. The third kappa shape index (κ3) is 12.2. The van der Waals surface area contributed by atoms with E-state index < -0.39 is 11.6 Å². The van der Waals surface area contributed by atoms with Gasteiger partial charge in [0.1, 0.15) is 0 Å². The molecule has 146 valence electrons. The topological polar surface area (TPSA) is 71.0 Å². The minimum atomic E-state index is -0.662. The Bertz CT molecular complexity index is 443. The summed E-state index contributed by atoms with van der Waals surface area (Å²) in [7, 11) is 4.65. The maximum absolute atomic E-state index is 11.9. The summed E-state index contributed by atoms with van der Waals surface area (Å²) in [5.41, 5.74) is -0.140. The van der Waals surface area contributed by atoms with Crippen LogP contribution in [0.4, 0.5) is 4.79 Å². The number of nitrogens with zero attached hydrogens (tertiary/aromatic N) is 2. The van der Waals surface area contributed by atoms with Crippen molar-refractivity contribution in [1.82, 2.24) is 9.62 Å². The van der Waals surface area contributed by atoms with Gasteiger partial charge in [-0.2, -0.15) is 0 Å². The minimum absolute atomic E-state index is 0.162. The SMILES string of the molecule is CCCCCCCCSSN(C)C(=O)ON=C(C)C(C)(C)NC(C)=O. The summed E-state index contributed by atoms with van der Waals surface area (Å²) < 4.78 is 1.42. The molecule has 0 heterocycles. The number of nitrogens with one attached hydrogen (secondary N) is 1. The molecule has 0 aromatic rings. The molecule has 0 aromatic carbocycles. The zero-order chi connectivity index (χ0) is 19.3. The number of unbranched alkanes of at least 4 members (excludes halogenated alkanes) is 5. The summed E-state index contributed by atoms with van der Waals surface area (Å²) in [5.74, 6) is 0.844. The van der Waals surface area contributed by atoms with E-state index >= 15 is 0 Å². The first-order valence-electron chi connectivity index (χ1n) is 8.78. The molecule has 0 atom stereocenters. The van der Waals surface area contributed by atoms with Crippen LogP contribution in [0.25, 0.3) is 0 Å². The van der Waals surface area contributed by atoms with Crippen molar-refractivity contribution >= 4 is 39.5 Å². The van der Waals surface area contributed by atoms with Crippen LogP contribution in [0, 0.1) is 0 Å². The van der Waals surface area contributed by atoms with E-state index in [9.17, 15) is 9.59 Å². The van der Waals surface area contributed by atoms with Crippen molar-refractivity contribution in [3.8, 4) is 0 Å². The van der Waals surface area contributed by atoms with Gasteiger partial charge in [-0.15, -0.1) is 0 Å². The van der Waals surface area contributed by atoms with Gasteiger partial charge in [0.25, 0.3) is 0 Å². The zero-order valence-electron chi connectivity index (χ0n) is 16.4. The lowest BCUT2D eigenvalue weighted by atomic mass is 10.00. The molecule has 8 heteroatoms. The van der Waals surface area contributed by atoms with Crippen molar-refractivity contribution in [3.05, 3.63) is 0 Å². The molecule has 0 radical (unpaired) electrons. The number of hydrogen-bond acceptors (Lipinski definition) is 6. The van der Waals surface area contributed by atoms with Crippen LogP contribution in [-0.2, 0) is 9.63 Å². The van der Waals surface area contributed by atoms with Crippen molar-refractivity contribution in [1.29, 1.82) is 0 Å². The van der Waals surface area contributed by atoms with E-state index in [2.05, 4.69) is 17.4 Å². The summed E-state index contributed by atoms with van der Waals surface area (Å²) >= 11 is 0. The van der Waals surface area contributed by atoms with E-state index in [-0.39, 0.29) is 5.91 Å². The van der Waals surface area contributed by atoms with Crippen molar-refractivity contribution in [2.24, 2.45) is 5.16 Å². The van der Waals surface area contributed by atoms with E-state index in [1.54, 1.807) is 38.6 Å². The van der Waals surface area contributed by atoms with Gasteiger partial charge in [-0.25, -0.2) is 9.10 Å². The Kier molecular flexibility index (Phi) is 12.9. The van der Waals surface area contributed by atoms with Crippen LogP contribution in [0.1, 0.15) is 73.1 Å². The Morgan fingerprint density at radius 2 is 1.72 bits per heavy atom. The predicted octanol–water partition coefficient (Wildman–Crippen LogP) is 5.00. The monoisotopic (exact) mass is 391 g/mol. The smallest absolute Gasteiger partial charge is 0.346 e. The largest absolute Gasteiger partial charge is 0.446 e. The lowest BCUT2D eigenvalue weighted by Crippen LogP contribution is -2.48. The van der Waals surface area contributed by atoms with Gasteiger partial charge in [-0.05, 0) is 27.2 Å². The normalized spacial score (nSPS) is 12.0. The lowest BCUT2D eigenvalue weighted by Gasteiger charge is -2.24. The minimum Gasteiger partial charge on any atom is -0.346 e. The van der Waals surface area contributed by atoms with Gasteiger partial charge in [0.2, 0.25) is 5.91 Å². The first-order valence-corrected chi connectivity index (χ1v) is 11.1. The highest BCUT2D eigenvalue weighted by atomic mass is 33.1. The molecule has 0 spiro atoms. The highest BCUT2D eigenvalue weighted by Gasteiger charge is 2.24. The standard InChI is InChI=1S/C17H33N3O3S2/c1-7-8-9-10-11-12-13-24-25-20(6)16(22)23-19-14(2)17(4,5)18-15(3)21/h7-13H2,1-6H3,(H,18,21). The second-order valence-corrected chi connectivity index (χ2v) is 9.00. The first kappa shape index (κ1) is 24.1. The van der Waals surface area contributed by atoms with Crippen molar-refractivity contribution in [2.45, 2.75) is 78.7 Å². The highest BCUT2D eigenvalue weighted by Crippen LogP contribution is 2.26. The number of rotatable bonds is 12. The van der Waals surface area contributed by atoms with Gasteiger partial charge in [-0.1, -0.05) is 55.0 Å². The molecule has 0 rings (SSSR count). The molecule has 25 heavy (non-hydrogen) atoms. The third-order valence-electron chi connectivity index (χ3n) is 3.66. The maximum Gasteiger partial charge on any atom is 0.446 e. The van der Waals surface area contributed by atoms with Crippen molar-refractivity contribution < 1.29 is 14.4 Å². The molecule has 0 bridgehead atoms. The van der Waals surface area contributed by atoms with E-state index in [1.165, 1.54) is 54.3 Å². The Morgan fingerprint density at radius 3 is 2.32 bits per heavy atom. The Balaban J connectivity index is 4.02. The van der Waals surface area contributed by atoms with Gasteiger partial charge in [0.05, 0.1) is 11.3 Å². The molecule has 0 aliphatic rings. The molecule has 0 aromatic heterocycles. The van der Waals surface area contributed by atoms with Crippen LogP contribution >= 0.6 is 21.8 Å². The van der Waals surface area contributed by atoms with Crippen LogP contribution in [0.15, 0.2) is 5.16 Å². The third-order valence-corrected chi connectivity index (χ3v) is 6.08. The van der Waals surface area contributed by atoms with Crippen LogP contribution in [-0.4, -0.2) is 40.4 Å². The second kappa shape index (κ2) is 13.3. The average molecular weight is 392 g/mol. The molecule has 0 saturated carbocycles. The molecule has 2 amide bonds. The number of oxime groups is 1. The molecule has 0 saturated heterocycles. The highest BCUT2D eigenvalue weighted by molar-refractivity contribution is 8.75. The Morgan fingerprint density at radius 1 is 1.12 bits per heavy atom.